The number of halogens is 1. The van der Waals surface area contributed by atoms with E-state index in [4.69, 9.17) is 16.3 Å². The molecule has 2 atom stereocenters. The molecule has 2 nitrogen and oxygen atoms in total. The van der Waals surface area contributed by atoms with Crippen LogP contribution in [0.4, 0.5) is 0 Å². The fraction of sp³-hybridized carbons (Fsp3) is 1.00. The summed E-state index contributed by atoms with van der Waals surface area (Å²) in [5, 5.41) is 0. The lowest BCUT2D eigenvalue weighted by Crippen LogP contribution is -2.28. The Bertz CT molecular complexity index is 132. The van der Waals surface area contributed by atoms with E-state index in [1.54, 1.807) is 7.11 Å². The van der Waals surface area contributed by atoms with Crippen LogP contribution in [0.5, 0.6) is 0 Å². The smallest absolute Gasteiger partial charge is 0.0710 e. The molecule has 0 aromatic heterocycles. The summed E-state index contributed by atoms with van der Waals surface area (Å²) in [4.78, 5) is 2.43. The Morgan fingerprint density at radius 3 is 2.92 bits per heavy atom. The second-order valence-corrected chi connectivity index (χ2v) is 3.97. The first kappa shape index (κ1) is 10.3. The highest BCUT2D eigenvalue weighted by molar-refractivity contribution is 6.18. The van der Waals surface area contributed by atoms with Crippen LogP contribution in [0, 0.1) is 5.92 Å². The van der Waals surface area contributed by atoms with Crippen molar-refractivity contribution >= 4 is 11.6 Å². The standard InChI is InChI=1S/C9H18ClNO/c1-8(5-10)6-11-4-3-9(7-11)12-2/h8-9H,3-7H2,1-2H3. The van der Waals surface area contributed by atoms with Crippen molar-refractivity contribution < 1.29 is 4.74 Å². The maximum absolute atomic E-state index is 5.74. The molecule has 0 aromatic rings. The molecular weight excluding hydrogens is 174 g/mol. The van der Waals surface area contributed by atoms with Crippen molar-refractivity contribution in [3.8, 4) is 0 Å². The van der Waals surface area contributed by atoms with Crippen molar-refractivity contribution in [1.29, 1.82) is 0 Å². The van der Waals surface area contributed by atoms with Gasteiger partial charge in [-0.2, -0.15) is 0 Å². The van der Waals surface area contributed by atoms with E-state index in [-0.39, 0.29) is 0 Å². The third-order valence-electron chi connectivity index (χ3n) is 2.40. The highest BCUT2D eigenvalue weighted by atomic mass is 35.5. The van der Waals surface area contributed by atoms with E-state index in [0.29, 0.717) is 12.0 Å². The maximum Gasteiger partial charge on any atom is 0.0710 e. The van der Waals surface area contributed by atoms with E-state index in [1.165, 1.54) is 13.0 Å². The van der Waals surface area contributed by atoms with E-state index < -0.39 is 0 Å². The Morgan fingerprint density at radius 1 is 1.67 bits per heavy atom. The summed E-state index contributed by atoms with van der Waals surface area (Å²) in [6.07, 6.45) is 1.62. The topological polar surface area (TPSA) is 12.5 Å². The molecule has 0 amide bonds. The summed E-state index contributed by atoms with van der Waals surface area (Å²) in [5.74, 6) is 1.36. The first-order chi connectivity index (χ1) is 5.76. The van der Waals surface area contributed by atoms with Gasteiger partial charge in [-0.25, -0.2) is 0 Å². The van der Waals surface area contributed by atoms with Crippen molar-refractivity contribution in [3.63, 3.8) is 0 Å². The number of ether oxygens (including phenoxy) is 1. The van der Waals surface area contributed by atoms with Crippen molar-refractivity contribution in [2.24, 2.45) is 5.92 Å². The summed E-state index contributed by atoms with van der Waals surface area (Å²) in [6.45, 7) is 5.55. The molecule has 0 radical (unpaired) electrons. The molecule has 0 saturated carbocycles. The number of alkyl halides is 1. The van der Waals surface area contributed by atoms with Gasteiger partial charge in [-0.3, -0.25) is 0 Å². The zero-order valence-corrected chi connectivity index (χ0v) is 8.68. The molecule has 1 rings (SSSR count). The molecule has 0 spiro atoms. The van der Waals surface area contributed by atoms with Crippen molar-refractivity contribution in [2.75, 3.05) is 32.6 Å². The fourth-order valence-corrected chi connectivity index (χ4v) is 1.74. The number of nitrogens with zero attached hydrogens (tertiary/aromatic N) is 1. The monoisotopic (exact) mass is 191 g/mol. The van der Waals surface area contributed by atoms with E-state index in [0.717, 1.165) is 19.0 Å². The van der Waals surface area contributed by atoms with Gasteiger partial charge < -0.3 is 9.64 Å². The van der Waals surface area contributed by atoms with Crippen LogP contribution in [0.15, 0.2) is 0 Å². The first-order valence-corrected chi connectivity index (χ1v) is 5.10. The molecular formula is C9H18ClNO. The number of rotatable bonds is 4. The lowest BCUT2D eigenvalue weighted by Gasteiger charge is -2.18. The molecule has 1 heterocycles. The molecule has 72 valence electrons. The molecule has 1 aliphatic rings. The van der Waals surface area contributed by atoms with Crippen LogP contribution in [-0.2, 0) is 4.74 Å². The zero-order chi connectivity index (χ0) is 8.97. The fourth-order valence-electron chi connectivity index (χ4n) is 1.64. The first-order valence-electron chi connectivity index (χ1n) is 4.57. The van der Waals surface area contributed by atoms with Crippen LogP contribution in [0.3, 0.4) is 0 Å². The van der Waals surface area contributed by atoms with Crippen LogP contribution < -0.4 is 0 Å². The van der Waals surface area contributed by atoms with Crippen LogP contribution >= 0.6 is 11.6 Å². The highest BCUT2D eigenvalue weighted by Crippen LogP contribution is 2.13. The SMILES string of the molecule is COC1CCN(CC(C)CCl)C1. The summed E-state index contributed by atoms with van der Waals surface area (Å²) in [6, 6.07) is 0. The van der Waals surface area contributed by atoms with Gasteiger partial charge in [0.1, 0.15) is 0 Å². The van der Waals surface area contributed by atoms with Gasteiger partial charge in [0.05, 0.1) is 6.10 Å². The number of hydrogen-bond acceptors (Lipinski definition) is 2. The summed E-state index contributed by atoms with van der Waals surface area (Å²) < 4.78 is 5.28. The largest absolute Gasteiger partial charge is 0.380 e. The average Bonchev–Trinajstić information content (AvgIpc) is 2.52. The average molecular weight is 192 g/mol. The number of likely N-dealkylation sites (tertiary alicyclic amines) is 1. The molecule has 1 fully saturated rings. The quantitative estimate of drug-likeness (QED) is 0.626. The lowest BCUT2D eigenvalue weighted by molar-refractivity contribution is 0.106. The normalized spacial score (nSPS) is 27.8. The summed E-state index contributed by atoms with van der Waals surface area (Å²) in [5.41, 5.74) is 0. The zero-order valence-electron chi connectivity index (χ0n) is 7.92. The molecule has 12 heavy (non-hydrogen) atoms. The second kappa shape index (κ2) is 5.05. The van der Waals surface area contributed by atoms with Gasteiger partial charge in [0.2, 0.25) is 0 Å². The Kier molecular flexibility index (Phi) is 4.33. The minimum Gasteiger partial charge on any atom is -0.380 e. The van der Waals surface area contributed by atoms with E-state index in [2.05, 4.69) is 11.8 Å². The number of methoxy groups -OCH3 is 1. The second-order valence-electron chi connectivity index (χ2n) is 3.67. The van der Waals surface area contributed by atoms with Crippen LogP contribution in [0.25, 0.3) is 0 Å². The molecule has 1 saturated heterocycles. The Morgan fingerprint density at radius 2 is 2.42 bits per heavy atom. The Labute approximate surface area is 79.8 Å². The third kappa shape index (κ3) is 2.92. The van der Waals surface area contributed by atoms with Gasteiger partial charge in [0.25, 0.3) is 0 Å². The highest BCUT2D eigenvalue weighted by Gasteiger charge is 2.22. The predicted molar refractivity (Wildman–Crippen MR) is 51.7 cm³/mol. The molecule has 0 bridgehead atoms. The Hall–Kier alpha value is 0.210. The van der Waals surface area contributed by atoms with E-state index >= 15 is 0 Å². The molecule has 0 N–H and O–H groups in total. The molecule has 3 heteroatoms. The number of hydrogen-bond donors (Lipinski definition) is 0. The van der Waals surface area contributed by atoms with Crippen LogP contribution in [0.1, 0.15) is 13.3 Å². The van der Waals surface area contributed by atoms with Gasteiger partial charge >= 0.3 is 0 Å². The van der Waals surface area contributed by atoms with Crippen LogP contribution in [0.2, 0.25) is 0 Å². The Balaban J connectivity index is 2.18. The van der Waals surface area contributed by atoms with Crippen molar-refractivity contribution in [1.82, 2.24) is 4.90 Å². The molecule has 0 aliphatic carbocycles. The summed E-state index contributed by atoms with van der Waals surface area (Å²) >= 11 is 5.74. The van der Waals surface area contributed by atoms with Gasteiger partial charge in [-0.15, -0.1) is 11.6 Å². The third-order valence-corrected chi connectivity index (χ3v) is 2.92. The molecule has 1 aliphatic heterocycles. The predicted octanol–water partition coefficient (Wildman–Crippen LogP) is 1.58. The van der Waals surface area contributed by atoms with Gasteiger partial charge in [-0.05, 0) is 12.3 Å². The van der Waals surface area contributed by atoms with E-state index in [1.807, 2.05) is 0 Å². The van der Waals surface area contributed by atoms with Gasteiger partial charge in [-0.1, -0.05) is 6.92 Å². The minimum atomic E-state index is 0.451. The minimum absolute atomic E-state index is 0.451. The van der Waals surface area contributed by atoms with Gasteiger partial charge in [0, 0.05) is 32.6 Å². The lowest BCUT2D eigenvalue weighted by atomic mass is 10.2. The van der Waals surface area contributed by atoms with E-state index in [9.17, 15) is 0 Å². The van der Waals surface area contributed by atoms with Crippen molar-refractivity contribution in [2.45, 2.75) is 19.4 Å². The molecule has 0 aromatic carbocycles. The van der Waals surface area contributed by atoms with Crippen LogP contribution in [-0.4, -0.2) is 43.6 Å². The summed E-state index contributed by atoms with van der Waals surface area (Å²) in [7, 11) is 1.79. The van der Waals surface area contributed by atoms with Crippen molar-refractivity contribution in [3.05, 3.63) is 0 Å². The van der Waals surface area contributed by atoms with Gasteiger partial charge in [0.15, 0.2) is 0 Å². The molecule has 2 unspecified atom stereocenters. The maximum atomic E-state index is 5.74.